The van der Waals surface area contributed by atoms with E-state index in [0.717, 1.165) is 38.3 Å². The van der Waals surface area contributed by atoms with Gasteiger partial charge in [0.25, 0.3) is 0 Å². The fourth-order valence-electron chi connectivity index (χ4n) is 5.19. The Morgan fingerprint density at radius 1 is 0.605 bits per heavy atom. The summed E-state index contributed by atoms with van der Waals surface area (Å²) in [5.41, 5.74) is 3.95. The number of hydrogen-bond acceptors (Lipinski definition) is 3. The molecule has 0 aliphatic rings. The lowest BCUT2D eigenvalue weighted by Gasteiger charge is -2.22. The molecule has 3 heteroatoms. The van der Waals surface area contributed by atoms with Gasteiger partial charge < -0.3 is 9.84 Å². The van der Waals surface area contributed by atoms with Gasteiger partial charge in [-0.25, -0.2) is 0 Å². The Bertz CT molecular complexity index is 1440. The topological polar surface area (TPSA) is 32.7 Å². The quantitative estimate of drug-likeness (QED) is 0.167. The van der Waals surface area contributed by atoms with Crippen LogP contribution < -0.4 is 4.74 Å². The van der Waals surface area contributed by atoms with Crippen LogP contribution in [0.1, 0.15) is 36.0 Å². The highest BCUT2D eigenvalue weighted by molar-refractivity contribution is 5.86. The number of rotatable bonds is 13. The van der Waals surface area contributed by atoms with E-state index >= 15 is 0 Å². The van der Waals surface area contributed by atoms with Gasteiger partial charge in [0.05, 0.1) is 13.2 Å². The fraction of sp³-hybridized carbons (Fsp3) is 0.257. The lowest BCUT2D eigenvalue weighted by Crippen LogP contribution is -2.26. The highest BCUT2D eigenvalue weighted by Crippen LogP contribution is 2.25. The van der Waals surface area contributed by atoms with Crippen LogP contribution in [-0.2, 0) is 19.5 Å². The number of unbranched alkanes of at least 4 members (excludes halogenated alkanes) is 2. The third-order valence-electron chi connectivity index (χ3n) is 7.19. The molecule has 0 amide bonds. The van der Waals surface area contributed by atoms with Crippen LogP contribution in [0.4, 0.5) is 0 Å². The lowest BCUT2D eigenvalue weighted by molar-refractivity contribution is 0.185. The van der Waals surface area contributed by atoms with Crippen molar-refractivity contribution in [2.24, 2.45) is 0 Å². The highest BCUT2D eigenvalue weighted by Gasteiger charge is 2.10. The monoisotopic (exact) mass is 503 g/mol. The molecule has 0 aromatic heterocycles. The predicted molar refractivity (Wildman–Crippen MR) is 159 cm³/mol. The van der Waals surface area contributed by atoms with Gasteiger partial charge in [-0.3, -0.25) is 4.90 Å². The van der Waals surface area contributed by atoms with Gasteiger partial charge in [0.2, 0.25) is 0 Å². The molecule has 0 spiro atoms. The zero-order valence-corrected chi connectivity index (χ0v) is 22.1. The van der Waals surface area contributed by atoms with Crippen molar-refractivity contribution in [2.45, 2.75) is 38.8 Å². The summed E-state index contributed by atoms with van der Waals surface area (Å²) in [4.78, 5) is 2.32. The molecule has 0 saturated carbocycles. The van der Waals surface area contributed by atoms with Gasteiger partial charge in [-0.15, -0.1) is 0 Å². The van der Waals surface area contributed by atoms with Gasteiger partial charge >= 0.3 is 0 Å². The zero-order valence-electron chi connectivity index (χ0n) is 22.1. The minimum atomic E-state index is 0.144. The maximum absolute atomic E-state index is 9.72. The van der Waals surface area contributed by atoms with Crippen LogP contribution >= 0.6 is 0 Å². The molecule has 38 heavy (non-hydrogen) atoms. The van der Waals surface area contributed by atoms with Gasteiger partial charge in [-0.1, -0.05) is 91.0 Å². The number of ether oxygens (including phenoxy) is 1. The summed E-state index contributed by atoms with van der Waals surface area (Å²) in [6.45, 7) is 3.13. The minimum Gasteiger partial charge on any atom is -0.494 e. The molecule has 0 saturated heterocycles. The Labute approximate surface area is 226 Å². The van der Waals surface area contributed by atoms with Crippen LogP contribution in [0.3, 0.4) is 0 Å². The number of hydrogen-bond donors (Lipinski definition) is 1. The van der Waals surface area contributed by atoms with E-state index in [2.05, 4.69) is 114 Å². The Morgan fingerprint density at radius 2 is 1.39 bits per heavy atom. The summed E-state index contributed by atoms with van der Waals surface area (Å²) in [7, 11) is 0. The molecule has 194 valence electrons. The van der Waals surface area contributed by atoms with Crippen LogP contribution in [0.15, 0.2) is 109 Å². The lowest BCUT2D eigenvalue weighted by atomic mass is 10.0. The van der Waals surface area contributed by atoms with Crippen molar-refractivity contribution in [1.82, 2.24) is 4.90 Å². The maximum Gasteiger partial charge on any atom is 0.119 e. The second-order valence-electron chi connectivity index (χ2n) is 10.1. The van der Waals surface area contributed by atoms with Crippen LogP contribution in [0, 0.1) is 0 Å². The van der Waals surface area contributed by atoms with Crippen molar-refractivity contribution in [3.05, 3.63) is 126 Å². The molecule has 0 radical (unpaired) electrons. The number of benzene rings is 5. The first kappa shape index (κ1) is 26.0. The molecular formula is C35H37NO2. The molecule has 0 aliphatic heterocycles. The summed E-state index contributed by atoms with van der Waals surface area (Å²) in [5, 5.41) is 14.7. The van der Waals surface area contributed by atoms with Crippen molar-refractivity contribution in [3.8, 4) is 5.75 Å². The molecule has 5 rings (SSSR count). The normalized spacial score (nSPS) is 11.4. The number of fused-ring (bicyclic) bond motifs is 2. The maximum atomic E-state index is 9.72. The average molecular weight is 504 g/mol. The first-order chi connectivity index (χ1) is 18.8. The predicted octanol–water partition coefficient (Wildman–Crippen LogP) is 7.78. The highest BCUT2D eigenvalue weighted by atomic mass is 16.5. The Morgan fingerprint density at radius 3 is 2.29 bits per heavy atom. The van der Waals surface area contributed by atoms with Crippen molar-refractivity contribution >= 4 is 21.5 Å². The van der Waals surface area contributed by atoms with Gasteiger partial charge in [0.15, 0.2) is 0 Å². The zero-order chi connectivity index (χ0) is 26.0. The second-order valence-corrected chi connectivity index (χ2v) is 10.1. The number of aliphatic hydroxyl groups excluding tert-OH is 1. The second kappa shape index (κ2) is 13.2. The molecule has 0 unspecified atom stereocenters. The van der Waals surface area contributed by atoms with Gasteiger partial charge in [0.1, 0.15) is 5.75 Å². The Balaban J connectivity index is 1.16. The third kappa shape index (κ3) is 7.00. The smallest absolute Gasteiger partial charge is 0.119 e. The molecule has 0 fully saturated rings. The van der Waals surface area contributed by atoms with Crippen molar-refractivity contribution in [1.29, 1.82) is 0 Å². The van der Waals surface area contributed by atoms with Crippen molar-refractivity contribution < 1.29 is 9.84 Å². The molecule has 0 aliphatic carbocycles. The molecule has 0 bridgehead atoms. The minimum absolute atomic E-state index is 0.144. The van der Waals surface area contributed by atoms with Crippen LogP contribution in [0.25, 0.3) is 21.5 Å². The Kier molecular flexibility index (Phi) is 9.04. The largest absolute Gasteiger partial charge is 0.494 e. The average Bonchev–Trinajstić information content (AvgIpc) is 2.96. The van der Waals surface area contributed by atoms with E-state index < -0.39 is 0 Å². The SMILES string of the molecule is OCCN(Cc1ccc2cc(OCCCCCc3ccccc3)ccc2c1)Cc1cccc2ccccc12. The first-order valence-electron chi connectivity index (χ1n) is 13.8. The number of nitrogens with zero attached hydrogens (tertiary/aromatic N) is 1. The van der Waals surface area contributed by atoms with E-state index in [0.29, 0.717) is 6.54 Å². The molecule has 0 atom stereocenters. The molecule has 1 N–H and O–H groups in total. The molecule has 0 heterocycles. The van der Waals surface area contributed by atoms with E-state index in [1.807, 2.05) is 0 Å². The van der Waals surface area contributed by atoms with Gasteiger partial charge in [-0.2, -0.15) is 0 Å². The fourth-order valence-corrected chi connectivity index (χ4v) is 5.19. The molecule has 3 nitrogen and oxygen atoms in total. The third-order valence-corrected chi connectivity index (χ3v) is 7.19. The van der Waals surface area contributed by atoms with E-state index in [1.54, 1.807) is 0 Å². The number of aliphatic hydroxyl groups is 1. The summed E-state index contributed by atoms with van der Waals surface area (Å²) in [5.74, 6) is 0.936. The van der Waals surface area contributed by atoms with Gasteiger partial charge in [0, 0.05) is 19.6 Å². The summed E-state index contributed by atoms with van der Waals surface area (Å²) in [6, 6.07) is 38.7. The van der Waals surface area contributed by atoms with E-state index in [9.17, 15) is 5.11 Å². The van der Waals surface area contributed by atoms with E-state index in [4.69, 9.17) is 4.74 Å². The van der Waals surface area contributed by atoms with Crippen molar-refractivity contribution in [3.63, 3.8) is 0 Å². The summed E-state index contributed by atoms with van der Waals surface area (Å²) < 4.78 is 6.06. The Hall–Kier alpha value is -3.66. The van der Waals surface area contributed by atoms with Crippen LogP contribution in [0.2, 0.25) is 0 Å². The molecule has 5 aromatic carbocycles. The first-order valence-corrected chi connectivity index (χ1v) is 13.8. The van der Waals surface area contributed by atoms with E-state index in [1.165, 1.54) is 51.1 Å². The molecule has 5 aromatic rings. The van der Waals surface area contributed by atoms with Crippen LogP contribution in [0.5, 0.6) is 5.75 Å². The standard InChI is InChI=1S/C35H37NO2/c37-22-21-36(27-33-15-9-14-30-13-6-7-16-35(30)33)26-29-17-18-32-25-34(20-19-31(32)24-29)38-23-8-2-5-12-28-10-3-1-4-11-28/h1,3-4,6-7,9-11,13-20,24-25,37H,2,5,8,12,21-23,26-27H2. The van der Waals surface area contributed by atoms with Gasteiger partial charge in [-0.05, 0) is 82.1 Å². The van der Waals surface area contributed by atoms with E-state index in [-0.39, 0.29) is 6.61 Å². The van der Waals surface area contributed by atoms with Crippen molar-refractivity contribution in [2.75, 3.05) is 19.8 Å². The summed E-state index contributed by atoms with van der Waals surface area (Å²) >= 11 is 0. The summed E-state index contributed by atoms with van der Waals surface area (Å²) in [6.07, 6.45) is 4.58. The van der Waals surface area contributed by atoms with Crippen LogP contribution in [-0.4, -0.2) is 29.8 Å². The number of aryl methyl sites for hydroxylation is 1. The molecular weight excluding hydrogens is 466 g/mol.